The number of halogens is 1. The fourth-order valence-electron chi connectivity index (χ4n) is 3.50. The van der Waals surface area contributed by atoms with E-state index in [2.05, 4.69) is 10.6 Å². The second kappa shape index (κ2) is 11.2. The number of carbonyl (C=O) groups is 2. The summed E-state index contributed by atoms with van der Waals surface area (Å²) in [6.45, 7) is 1.77. The van der Waals surface area contributed by atoms with Gasteiger partial charge in [-0.15, -0.1) is 0 Å². The molecule has 0 aliphatic rings. The van der Waals surface area contributed by atoms with E-state index in [-0.39, 0.29) is 27.9 Å². The zero-order chi connectivity index (χ0) is 25.6. The summed E-state index contributed by atoms with van der Waals surface area (Å²) in [4.78, 5) is 25.9. The fourth-order valence-corrected chi connectivity index (χ4v) is 4.92. The monoisotopic (exact) mass is 515 g/mol. The molecule has 184 valence electrons. The standard InChI is InChI=1S/C25H26ClN3O5S/c1-17(29(35(3,32)33)19-13-14-23(34-2)21(26)15-19)24(30)28-22-12-8-7-11-20(22)25(31)27-16-18-9-5-4-6-10-18/h4-15,17H,16H2,1-3H3,(H,27,31)(H,28,30)/t17-/m1/s1. The lowest BCUT2D eigenvalue weighted by Crippen LogP contribution is -2.45. The molecule has 0 heterocycles. The molecular weight excluding hydrogens is 490 g/mol. The molecule has 2 N–H and O–H groups in total. The van der Waals surface area contributed by atoms with Gasteiger partial charge in [-0.25, -0.2) is 8.42 Å². The average molecular weight is 516 g/mol. The number of carbonyl (C=O) groups excluding carboxylic acids is 2. The number of methoxy groups -OCH3 is 1. The number of hydrogen-bond acceptors (Lipinski definition) is 5. The summed E-state index contributed by atoms with van der Waals surface area (Å²) < 4.78 is 31.3. The first kappa shape index (κ1) is 26.1. The highest BCUT2D eigenvalue weighted by Crippen LogP contribution is 2.31. The third-order valence-corrected chi connectivity index (χ3v) is 6.74. The van der Waals surface area contributed by atoms with Crippen LogP contribution in [0.3, 0.4) is 0 Å². The number of anilines is 2. The summed E-state index contributed by atoms with van der Waals surface area (Å²) in [5.74, 6) is -0.624. The Morgan fingerprint density at radius 2 is 1.69 bits per heavy atom. The summed E-state index contributed by atoms with van der Waals surface area (Å²) in [5, 5.41) is 5.71. The molecule has 3 aromatic rings. The molecule has 0 saturated carbocycles. The van der Waals surface area contributed by atoms with Crippen LogP contribution in [0, 0.1) is 0 Å². The number of rotatable bonds is 9. The first-order valence-electron chi connectivity index (χ1n) is 10.7. The van der Waals surface area contributed by atoms with Crippen LogP contribution in [0.4, 0.5) is 11.4 Å². The van der Waals surface area contributed by atoms with Crippen molar-refractivity contribution in [1.29, 1.82) is 0 Å². The molecule has 8 nitrogen and oxygen atoms in total. The van der Waals surface area contributed by atoms with Crippen molar-refractivity contribution in [1.82, 2.24) is 5.32 Å². The fraction of sp³-hybridized carbons (Fsp3) is 0.200. The Balaban J connectivity index is 1.81. The number of ether oxygens (including phenoxy) is 1. The zero-order valence-corrected chi connectivity index (χ0v) is 21.1. The maximum absolute atomic E-state index is 13.1. The molecule has 0 saturated heterocycles. The van der Waals surface area contributed by atoms with Crippen molar-refractivity contribution in [3.63, 3.8) is 0 Å². The van der Waals surface area contributed by atoms with Crippen LogP contribution in [0.2, 0.25) is 5.02 Å². The highest BCUT2D eigenvalue weighted by Gasteiger charge is 2.30. The van der Waals surface area contributed by atoms with Crippen molar-refractivity contribution in [2.75, 3.05) is 23.0 Å². The molecule has 0 radical (unpaired) electrons. The van der Waals surface area contributed by atoms with E-state index in [1.165, 1.54) is 32.2 Å². The molecule has 0 fully saturated rings. The van der Waals surface area contributed by atoms with E-state index >= 15 is 0 Å². The third kappa shape index (κ3) is 6.52. The van der Waals surface area contributed by atoms with Gasteiger partial charge in [0.15, 0.2) is 0 Å². The van der Waals surface area contributed by atoms with Crippen LogP contribution >= 0.6 is 11.6 Å². The van der Waals surface area contributed by atoms with Crippen molar-refractivity contribution < 1.29 is 22.7 Å². The Bertz CT molecular complexity index is 1320. The molecule has 0 aliphatic heterocycles. The molecule has 3 rings (SSSR count). The highest BCUT2D eigenvalue weighted by atomic mass is 35.5. The second-order valence-corrected chi connectivity index (χ2v) is 10.0. The van der Waals surface area contributed by atoms with Gasteiger partial charge in [-0.3, -0.25) is 13.9 Å². The highest BCUT2D eigenvalue weighted by molar-refractivity contribution is 7.92. The molecule has 2 amide bonds. The maximum Gasteiger partial charge on any atom is 0.253 e. The first-order valence-corrected chi connectivity index (χ1v) is 12.9. The summed E-state index contributed by atoms with van der Waals surface area (Å²) in [6.07, 6.45) is 1.000. The van der Waals surface area contributed by atoms with Crippen LogP contribution in [0.5, 0.6) is 5.75 Å². The Morgan fingerprint density at radius 1 is 1.03 bits per heavy atom. The Hall–Kier alpha value is -3.56. The molecule has 35 heavy (non-hydrogen) atoms. The minimum atomic E-state index is -3.86. The van der Waals surface area contributed by atoms with Gasteiger partial charge in [-0.2, -0.15) is 0 Å². The van der Waals surface area contributed by atoms with Gasteiger partial charge in [0.25, 0.3) is 5.91 Å². The summed E-state index contributed by atoms with van der Waals surface area (Å²) in [7, 11) is -2.42. The van der Waals surface area contributed by atoms with Crippen LogP contribution < -0.4 is 19.7 Å². The molecule has 0 spiro atoms. The maximum atomic E-state index is 13.1. The third-order valence-electron chi connectivity index (χ3n) is 5.20. The molecule has 0 unspecified atom stereocenters. The number of benzene rings is 3. The van der Waals surface area contributed by atoms with Crippen LogP contribution in [0.25, 0.3) is 0 Å². The smallest absolute Gasteiger partial charge is 0.253 e. The predicted molar refractivity (Wildman–Crippen MR) is 137 cm³/mol. The van der Waals surface area contributed by atoms with Gasteiger partial charge in [0.1, 0.15) is 11.8 Å². The van der Waals surface area contributed by atoms with E-state index in [4.69, 9.17) is 16.3 Å². The topological polar surface area (TPSA) is 105 Å². The molecule has 0 bridgehead atoms. The van der Waals surface area contributed by atoms with Crippen molar-refractivity contribution in [3.05, 3.63) is 88.9 Å². The Morgan fingerprint density at radius 3 is 2.31 bits per heavy atom. The van der Waals surface area contributed by atoms with Crippen molar-refractivity contribution >= 4 is 44.8 Å². The number of nitrogens with zero attached hydrogens (tertiary/aromatic N) is 1. The SMILES string of the molecule is COc1ccc(N([C@H](C)C(=O)Nc2ccccc2C(=O)NCc2ccccc2)S(C)(=O)=O)cc1Cl. The molecule has 0 aliphatic carbocycles. The van der Waals surface area contributed by atoms with Crippen LogP contribution in [0.1, 0.15) is 22.8 Å². The van der Waals surface area contributed by atoms with Gasteiger partial charge in [-0.1, -0.05) is 54.1 Å². The number of para-hydroxylation sites is 1. The summed E-state index contributed by atoms with van der Waals surface area (Å²) >= 11 is 6.18. The van der Waals surface area contributed by atoms with Crippen LogP contribution in [-0.2, 0) is 21.4 Å². The van der Waals surface area contributed by atoms with Gasteiger partial charge in [0, 0.05) is 6.54 Å². The Kier molecular flexibility index (Phi) is 8.37. The van der Waals surface area contributed by atoms with Gasteiger partial charge < -0.3 is 15.4 Å². The molecular formula is C25H26ClN3O5S. The van der Waals surface area contributed by atoms with Crippen LogP contribution in [-0.4, -0.2) is 39.6 Å². The van der Waals surface area contributed by atoms with Gasteiger partial charge in [0.2, 0.25) is 15.9 Å². The molecule has 3 aromatic carbocycles. The average Bonchev–Trinajstić information content (AvgIpc) is 2.83. The summed E-state index contributed by atoms with van der Waals surface area (Å²) in [6, 6.07) is 19.2. The zero-order valence-electron chi connectivity index (χ0n) is 19.5. The van der Waals surface area contributed by atoms with Gasteiger partial charge in [0.05, 0.1) is 35.3 Å². The largest absolute Gasteiger partial charge is 0.495 e. The lowest BCUT2D eigenvalue weighted by Gasteiger charge is -2.28. The van der Waals surface area contributed by atoms with E-state index in [0.717, 1.165) is 16.1 Å². The van der Waals surface area contributed by atoms with E-state index in [9.17, 15) is 18.0 Å². The number of hydrogen-bond donors (Lipinski definition) is 2. The van der Waals surface area contributed by atoms with E-state index in [1.54, 1.807) is 24.3 Å². The van der Waals surface area contributed by atoms with Crippen molar-refractivity contribution in [2.24, 2.45) is 0 Å². The van der Waals surface area contributed by atoms with Gasteiger partial charge >= 0.3 is 0 Å². The Labute approximate surface area is 209 Å². The first-order chi connectivity index (χ1) is 16.6. The number of sulfonamides is 1. The minimum Gasteiger partial charge on any atom is -0.495 e. The molecule has 0 aromatic heterocycles. The molecule has 10 heteroatoms. The summed E-state index contributed by atoms with van der Waals surface area (Å²) in [5.41, 5.74) is 1.64. The van der Waals surface area contributed by atoms with Crippen molar-refractivity contribution in [3.8, 4) is 5.75 Å². The van der Waals surface area contributed by atoms with E-state index in [1.807, 2.05) is 30.3 Å². The second-order valence-electron chi connectivity index (χ2n) is 7.76. The predicted octanol–water partition coefficient (Wildman–Crippen LogP) is 4.07. The van der Waals surface area contributed by atoms with Crippen LogP contribution in [0.15, 0.2) is 72.8 Å². The van der Waals surface area contributed by atoms with E-state index in [0.29, 0.717) is 12.3 Å². The van der Waals surface area contributed by atoms with Gasteiger partial charge in [-0.05, 0) is 42.8 Å². The quantitative estimate of drug-likeness (QED) is 0.447. The lowest BCUT2D eigenvalue weighted by molar-refractivity contribution is -0.116. The number of nitrogens with one attached hydrogen (secondary N) is 2. The lowest BCUT2D eigenvalue weighted by atomic mass is 10.1. The minimum absolute atomic E-state index is 0.201. The van der Waals surface area contributed by atoms with E-state index < -0.39 is 22.0 Å². The number of amides is 2. The van der Waals surface area contributed by atoms with Crippen molar-refractivity contribution in [2.45, 2.75) is 19.5 Å². The normalized spacial score (nSPS) is 11.9. The molecule has 1 atom stereocenters.